The largest absolute Gasteiger partial charge is 0.341 e. The molecule has 0 aliphatic carbocycles. The summed E-state index contributed by atoms with van der Waals surface area (Å²) in [7, 11) is 0. The second-order valence-electron chi connectivity index (χ2n) is 3.37. The van der Waals surface area contributed by atoms with Crippen molar-refractivity contribution in [2.24, 2.45) is 0 Å². The van der Waals surface area contributed by atoms with Crippen LogP contribution in [0.15, 0.2) is 24.3 Å². The minimum Gasteiger partial charge on any atom is -0.341 e. The minimum atomic E-state index is -0.254. The Labute approximate surface area is 100 Å². The highest BCUT2D eigenvalue weighted by Gasteiger charge is 2.06. The van der Waals surface area contributed by atoms with Crippen LogP contribution in [0.25, 0.3) is 0 Å². The van der Waals surface area contributed by atoms with E-state index in [9.17, 15) is 9.59 Å². The first-order valence-electron chi connectivity index (χ1n) is 5.29. The van der Waals surface area contributed by atoms with E-state index in [0.29, 0.717) is 17.7 Å². The zero-order chi connectivity index (χ0) is 12.7. The highest BCUT2D eigenvalue weighted by molar-refractivity contribution is 5.97. The molecule has 0 aliphatic rings. The number of terminal acetylenes is 1. The second-order valence-corrected chi connectivity index (χ2v) is 3.37. The first kappa shape index (κ1) is 12.8. The summed E-state index contributed by atoms with van der Waals surface area (Å²) in [5.74, 6) is 1.98. The molecule has 4 nitrogen and oxygen atoms in total. The Hall–Kier alpha value is -2.28. The van der Waals surface area contributed by atoms with E-state index in [4.69, 9.17) is 6.42 Å². The van der Waals surface area contributed by atoms with E-state index in [1.165, 1.54) is 0 Å². The van der Waals surface area contributed by atoms with Crippen molar-refractivity contribution in [2.45, 2.75) is 13.3 Å². The van der Waals surface area contributed by atoms with Crippen molar-refractivity contribution < 1.29 is 9.59 Å². The van der Waals surface area contributed by atoms with E-state index in [2.05, 4.69) is 16.6 Å². The molecule has 0 saturated heterocycles. The van der Waals surface area contributed by atoms with Crippen molar-refractivity contribution >= 4 is 17.5 Å². The molecule has 88 valence electrons. The van der Waals surface area contributed by atoms with E-state index in [0.717, 1.165) is 0 Å². The molecule has 0 heterocycles. The van der Waals surface area contributed by atoms with E-state index >= 15 is 0 Å². The van der Waals surface area contributed by atoms with Gasteiger partial charge in [0.05, 0.1) is 6.54 Å². The van der Waals surface area contributed by atoms with Crippen molar-refractivity contribution in [2.75, 3.05) is 11.9 Å². The molecule has 17 heavy (non-hydrogen) atoms. The summed E-state index contributed by atoms with van der Waals surface area (Å²) in [6.45, 7) is 1.95. The number of nitrogens with one attached hydrogen (secondary N) is 2. The molecular weight excluding hydrogens is 216 g/mol. The van der Waals surface area contributed by atoms with E-state index in [1.807, 2.05) is 0 Å². The molecular formula is C13H14N2O2. The van der Waals surface area contributed by atoms with Crippen LogP contribution in [0.2, 0.25) is 0 Å². The van der Waals surface area contributed by atoms with Gasteiger partial charge in [0.25, 0.3) is 5.91 Å². The topological polar surface area (TPSA) is 58.2 Å². The summed E-state index contributed by atoms with van der Waals surface area (Å²) >= 11 is 0. The second kappa shape index (κ2) is 6.33. The number of carbonyl (C=O) groups excluding carboxylic acids is 2. The van der Waals surface area contributed by atoms with Gasteiger partial charge in [-0.25, -0.2) is 0 Å². The lowest BCUT2D eigenvalue weighted by Crippen LogP contribution is -2.23. The predicted molar refractivity (Wildman–Crippen MR) is 66.5 cm³/mol. The van der Waals surface area contributed by atoms with Crippen LogP contribution < -0.4 is 10.6 Å². The van der Waals surface area contributed by atoms with Gasteiger partial charge < -0.3 is 10.6 Å². The van der Waals surface area contributed by atoms with E-state index in [-0.39, 0.29) is 18.4 Å². The van der Waals surface area contributed by atoms with Gasteiger partial charge in [-0.15, -0.1) is 6.42 Å². The van der Waals surface area contributed by atoms with Gasteiger partial charge in [0.2, 0.25) is 5.91 Å². The molecule has 0 fully saturated rings. The molecule has 1 rings (SSSR count). The van der Waals surface area contributed by atoms with Crippen LogP contribution in [0.5, 0.6) is 0 Å². The third-order valence-electron chi connectivity index (χ3n) is 2.08. The van der Waals surface area contributed by atoms with Gasteiger partial charge in [0, 0.05) is 17.7 Å². The fourth-order valence-corrected chi connectivity index (χ4v) is 1.22. The Kier molecular flexibility index (Phi) is 4.77. The zero-order valence-electron chi connectivity index (χ0n) is 9.62. The number of benzene rings is 1. The first-order valence-corrected chi connectivity index (χ1v) is 5.29. The maximum Gasteiger partial charge on any atom is 0.252 e. The van der Waals surface area contributed by atoms with E-state index < -0.39 is 0 Å². The number of hydrogen-bond donors (Lipinski definition) is 2. The van der Waals surface area contributed by atoms with Crippen molar-refractivity contribution in [3.63, 3.8) is 0 Å². The lowest BCUT2D eigenvalue weighted by atomic mass is 10.2. The highest BCUT2D eigenvalue weighted by Crippen LogP contribution is 2.10. The van der Waals surface area contributed by atoms with Crippen LogP contribution >= 0.6 is 0 Å². The first-order chi connectivity index (χ1) is 8.17. The summed E-state index contributed by atoms with van der Waals surface area (Å²) in [5.41, 5.74) is 1.07. The van der Waals surface area contributed by atoms with Gasteiger partial charge in [0.15, 0.2) is 0 Å². The number of rotatable bonds is 4. The molecule has 0 unspecified atom stereocenters. The number of carbonyl (C=O) groups is 2. The summed E-state index contributed by atoms with van der Waals surface area (Å²) in [6, 6.07) is 6.70. The monoisotopic (exact) mass is 230 g/mol. The number of amides is 2. The number of anilines is 1. The molecule has 0 bridgehead atoms. The van der Waals surface area contributed by atoms with Crippen LogP contribution in [0.1, 0.15) is 23.7 Å². The van der Waals surface area contributed by atoms with Gasteiger partial charge in [0.1, 0.15) is 0 Å². The Morgan fingerprint density at radius 2 is 2.18 bits per heavy atom. The van der Waals surface area contributed by atoms with Gasteiger partial charge in [-0.1, -0.05) is 18.9 Å². The lowest BCUT2D eigenvalue weighted by Gasteiger charge is -2.06. The normalized spacial score (nSPS) is 9.18. The van der Waals surface area contributed by atoms with Gasteiger partial charge in [-0.05, 0) is 18.2 Å². The van der Waals surface area contributed by atoms with Crippen LogP contribution in [-0.4, -0.2) is 18.4 Å². The molecule has 4 heteroatoms. The fraction of sp³-hybridized carbons (Fsp3) is 0.231. The summed E-state index contributed by atoms with van der Waals surface area (Å²) in [4.78, 5) is 22.8. The molecule has 0 aromatic heterocycles. The Morgan fingerprint density at radius 1 is 1.41 bits per heavy atom. The maximum absolute atomic E-state index is 11.6. The van der Waals surface area contributed by atoms with Gasteiger partial charge in [-0.2, -0.15) is 0 Å². The molecule has 2 amide bonds. The summed E-state index contributed by atoms with van der Waals surface area (Å²) in [6.07, 6.45) is 5.44. The summed E-state index contributed by atoms with van der Waals surface area (Å²) < 4.78 is 0. The van der Waals surface area contributed by atoms with Crippen LogP contribution in [0, 0.1) is 12.3 Å². The average molecular weight is 230 g/mol. The summed E-state index contributed by atoms with van der Waals surface area (Å²) in [5, 5.41) is 5.24. The van der Waals surface area contributed by atoms with Crippen LogP contribution in [0.3, 0.4) is 0 Å². The smallest absolute Gasteiger partial charge is 0.252 e. The molecule has 0 radical (unpaired) electrons. The SMILES string of the molecule is C#CCNC(=O)c1cccc(NC(=O)CC)c1. The van der Waals surface area contributed by atoms with Crippen molar-refractivity contribution in [1.82, 2.24) is 5.32 Å². The lowest BCUT2D eigenvalue weighted by molar-refractivity contribution is -0.115. The van der Waals surface area contributed by atoms with E-state index in [1.54, 1.807) is 31.2 Å². The molecule has 0 aliphatic heterocycles. The molecule has 1 aromatic carbocycles. The molecule has 0 saturated carbocycles. The Balaban J connectivity index is 2.75. The van der Waals surface area contributed by atoms with Crippen molar-refractivity contribution in [3.05, 3.63) is 29.8 Å². The minimum absolute atomic E-state index is 0.0915. The van der Waals surface area contributed by atoms with Crippen molar-refractivity contribution in [3.8, 4) is 12.3 Å². The zero-order valence-corrected chi connectivity index (χ0v) is 9.62. The number of hydrogen-bond acceptors (Lipinski definition) is 2. The Bertz CT molecular complexity index is 461. The molecule has 0 spiro atoms. The molecule has 1 aromatic rings. The van der Waals surface area contributed by atoms with Crippen molar-refractivity contribution in [1.29, 1.82) is 0 Å². The molecule has 2 N–H and O–H groups in total. The molecule has 0 atom stereocenters. The van der Waals surface area contributed by atoms with Crippen LogP contribution in [-0.2, 0) is 4.79 Å². The maximum atomic E-state index is 11.6. The fourth-order valence-electron chi connectivity index (χ4n) is 1.22. The van der Waals surface area contributed by atoms with Gasteiger partial charge in [-0.3, -0.25) is 9.59 Å². The predicted octanol–water partition coefficient (Wildman–Crippen LogP) is 1.40. The van der Waals surface area contributed by atoms with Gasteiger partial charge >= 0.3 is 0 Å². The third kappa shape index (κ3) is 3.99. The standard InChI is InChI=1S/C13H14N2O2/c1-3-8-14-13(17)10-6-5-7-11(9-10)15-12(16)4-2/h1,5-7,9H,4,8H2,2H3,(H,14,17)(H,15,16). The Morgan fingerprint density at radius 3 is 2.82 bits per heavy atom. The quantitative estimate of drug-likeness (QED) is 0.768. The average Bonchev–Trinajstić information content (AvgIpc) is 2.36. The highest BCUT2D eigenvalue weighted by atomic mass is 16.2. The van der Waals surface area contributed by atoms with Crippen LogP contribution in [0.4, 0.5) is 5.69 Å². The third-order valence-corrected chi connectivity index (χ3v) is 2.08.